The first-order valence-corrected chi connectivity index (χ1v) is 8.88. The van der Waals surface area contributed by atoms with E-state index in [0.717, 1.165) is 49.9 Å². The Balaban J connectivity index is 2.03. The van der Waals surface area contributed by atoms with Crippen molar-refractivity contribution < 1.29 is 22.3 Å². The average Bonchev–Trinajstić information content (AvgIpc) is 2.97. The van der Waals surface area contributed by atoms with E-state index in [1.807, 2.05) is 4.72 Å². The van der Waals surface area contributed by atoms with Gasteiger partial charge in [-0.3, -0.25) is 4.79 Å². The minimum atomic E-state index is -4.01. The maximum atomic E-state index is 12.8. The number of carbonyl (C=O) groups is 1. The molecule has 1 amide bonds. The summed E-state index contributed by atoms with van der Waals surface area (Å²) in [6.07, 6.45) is 3.54. The molecule has 1 atom stereocenters. The highest BCUT2D eigenvalue weighted by molar-refractivity contribution is 7.90. The van der Waals surface area contributed by atoms with E-state index in [9.17, 15) is 17.6 Å². The monoisotopic (exact) mass is 329 g/mol. The molecule has 1 aliphatic carbocycles. The van der Waals surface area contributed by atoms with Crippen LogP contribution in [0.25, 0.3) is 0 Å². The van der Waals surface area contributed by atoms with Gasteiger partial charge in [0, 0.05) is 0 Å². The van der Waals surface area contributed by atoms with Crippen molar-refractivity contribution in [1.82, 2.24) is 4.72 Å². The Kier molecular flexibility index (Phi) is 5.52. The molecule has 1 aromatic carbocycles. The predicted molar refractivity (Wildman–Crippen MR) is 79.1 cm³/mol. The first kappa shape index (κ1) is 16.9. The smallest absolute Gasteiger partial charge is 0.264 e. The van der Waals surface area contributed by atoms with E-state index >= 15 is 0 Å². The molecule has 1 aliphatic rings. The molecule has 0 heterocycles. The lowest BCUT2D eigenvalue weighted by molar-refractivity contribution is -0.134. The summed E-state index contributed by atoms with van der Waals surface area (Å²) in [6.45, 7) is 1.77. The SMILES string of the molecule is CCC(OC1CCCC1)C(=O)NS(=O)(=O)c1ccc(F)cc1. The van der Waals surface area contributed by atoms with Gasteiger partial charge in [-0.1, -0.05) is 19.8 Å². The van der Waals surface area contributed by atoms with Crippen molar-refractivity contribution in [1.29, 1.82) is 0 Å². The number of nitrogens with one attached hydrogen (secondary N) is 1. The van der Waals surface area contributed by atoms with Crippen molar-refractivity contribution in [2.24, 2.45) is 0 Å². The molecular weight excluding hydrogens is 309 g/mol. The second kappa shape index (κ2) is 7.19. The molecular formula is C15H20FNO4S. The molecule has 0 aromatic heterocycles. The third kappa shape index (κ3) is 4.27. The molecule has 7 heteroatoms. The molecule has 0 spiro atoms. The number of sulfonamides is 1. The van der Waals surface area contributed by atoms with Crippen molar-refractivity contribution in [3.63, 3.8) is 0 Å². The number of ether oxygens (including phenoxy) is 1. The van der Waals surface area contributed by atoms with Crippen LogP contribution in [0.4, 0.5) is 4.39 Å². The first-order valence-electron chi connectivity index (χ1n) is 7.40. The van der Waals surface area contributed by atoms with Crippen molar-refractivity contribution in [2.75, 3.05) is 0 Å². The molecule has 0 bridgehead atoms. The highest BCUT2D eigenvalue weighted by Gasteiger charge is 2.27. The lowest BCUT2D eigenvalue weighted by Crippen LogP contribution is -2.41. The molecule has 2 rings (SSSR count). The van der Waals surface area contributed by atoms with Gasteiger partial charge in [0.2, 0.25) is 0 Å². The molecule has 1 aromatic rings. The quantitative estimate of drug-likeness (QED) is 0.869. The van der Waals surface area contributed by atoms with E-state index in [1.165, 1.54) is 0 Å². The standard InChI is InChI=1S/C15H20FNO4S/c1-2-14(21-12-5-3-4-6-12)15(18)17-22(19,20)13-9-7-11(16)8-10-13/h7-10,12,14H,2-6H2,1H3,(H,17,18). The fourth-order valence-corrected chi connectivity index (χ4v) is 3.48. The fourth-order valence-electron chi connectivity index (χ4n) is 2.47. The normalized spacial score (nSPS) is 17.4. The summed E-state index contributed by atoms with van der Waals surface area (Å²) in [7, 11) is -4.01. The van der Waals surface area contributed by atoms with E-state index in [-0.39, 0.29) is 11.0 Å². The maximum Gasteiger partial charge on any atom is 0.264 e. The molecule has 0 saturated heterocycles. The number of hydrogen-bond acceptors (Lipinski definition) is 4. The van der Waals surface area contributed by atoms with Gasteiger partial charge in [0.15, 0.2) is 0 Å². The zero-order chi connectivity index (χ0) is 16.2. The van der Waals surface area contributed by atoms with E-state index in [4.69, 9.17) is 4.74 Å². The van der Waals surface area contributed by atoms with Crippen LogP contribution in [-0.2, 0) is 19.6 Å². The number of amides is 1. The average molecular weight is 329 g/mol. The summed E-state index contributed by atoms with van der Waals surface area (Å²) < 4.78 is 44.7. The highest BCUT2D eigenvalue weighted by atomic mass is 32.2. The molecule has 1 saturated carbocycles. The molecule has 5 nitrogen and oxygen atoms in total. The molecule has 122 valence electrons. The summed E-state index contributed by atoms with van der Waals surface area (Å²) in [5.41, 5.74) is 0. The Morgan fingerprint density at radius 2 is 1.91 bits per heavy atom. The van der Waals surface area contributed by atoms with Crippen LogP contribution in [0, 0.1) is 5.82 Å². The zero-order valence-corrected chi connectivity index (χ0v) is 13.2. The molecule has 0 aliphatic heterocycles. The fraction of sp³-hybridized carbons (Fsp3) is 0.533. The Morgan fingerprint density at radius 3 is 2.45 bits per heavy atom. The predicted octanol–water partition coefficient (Wildman–Crippen LogP) is 2.37. The Bertz CT molecular complexity index is 609. The van der Waals surface area contributed by atoms with Crippen LogP contribution in [0.1, 0.15) is 39.0 Å². The summed E-state index contributed by atoms with van der Waals surface area (Å²) in [5, 5.41) is 0. The summed E-state index contributed by atoms with van der Waals surface area (Å²) in [5.74, 6) is -1.22. The van der Waals surface area contributed by atoms with Crippen molar-refractivity contribution in [2.45, 2.75) is 56.1 Å². The summed E-state index contributed by atoms with van der Waals surface area (Å²) in [6, 6.07) is 4.30. The second-order valence-corrected chi connectivity index (χ2v) is 7.05. The van der Waals surface area contributed by atoms with Gasteiger partial charge in [0.25, 0.3) is 15.9 Å². The Hall–Kier alpha value is -1.47. The van der Waals surface area contributed by atoms with Gasteiger partial charge in [-0.15, -0.1) is 0 Å². The highest BCUT2D eigenvalue weighted by Crippen LogP contribution is 2.23. The molecule has 0 radical (unpaired) electrons. The third-order valence-corrected chi connectivity index (χ3v) is 5.04. The van der Waals surface area contributed by atoms with Crippen LogP contribution >= 0.6 is 0 Å². The van der Waals surface area contributed by atoms with E-state index < -0.39 is 27.9 Å². The number of carbonyl (C=O) groups excluding carboxylic acids is 1. The molecule has 1 unspecified atom stereocenters. The van der Waals surface area contributed by atoms with Crippen LogP contribution in [-0.4, -0.2) is 26.5 Å². The van der Waals surface area contributed by atoms with Crippen LogP contribution in [0.5, 0.6) is 0 Å². The van der Waals surface area contributed by atoms with Crippen molar-refractivity contribution >= 4 is 15.9 Å². The first-order chi connectivity index (χ1) is 10.4. The summed E-state index contributed by atoms with van der Waals surface area (Å²) >= 11 is 0. The topological polar surface area (TPSA) is 72.5 Å². The van der Waals surface area contributed by atoms with Gasteiger partial charge in [-0.05, 0) is 43.5 Å². The molecule has 22 heavy (non-hydrogen) atoms. The molecule has 1 fully saturated rings. The van der Waals surface area contributed by atoms with E-state index in [1.54, 1.807) is 6.92 Å². The zero-order valence-electron chi connectivity index (χ0n) is 12.4. The minimum Gasteiger partial charge on any atom is -0.365 e. The molecule has 1 N–H and O–H groups in total. The lowest BCUT2D eigenvalue weighted by Gasteiger charge is -2.20. The lowest BCUT2D eigenvalue weighted by atomic mass is 10.2. The summed E-state index contributed by atoms with van der Waals surface area (Å²) in [4.78, 5) is 12.0. The van der Waals surface area contributed by atoms with Gasteiger partial charge >= 0.3 is 0 Å². The Morgan fingerprint density at radius 1 is 1.32 bits per heavy atom. The van der Waals surface area contributed by atoms with Gasteiger partial charge in [-0.2, -0.15) is 0 Å². The van der Waals surface area contributed by atoms with E-state index in [0.29, 0.717) is 6.42 Å². The van der Waals surface area contributed by atoms with Gasteiger partial charge in [0.05, 0.1) is 11.0 Å². The third-order valence-electron chi connectivity index (χ3n) is 3.68. The minimum absolute atomic E-state index is 0.0178. The maximum absolute atomic E-state index is 12.8. The van der Waals surface area contributed by atoms with Crippen LogP contribution < -0.4 is 4.72 Å². The largest absolute Gasteiger partial charge is 0.365 e. The number of hydrogen-bond donors (Lipinski definition) is 1. The number of rotatable bonds is 6. The van der Waals surface area contributed by atoms with Crippen LogP contribution in [0.2, 0.25) is 0 Å². The number of benzene rings is 1. The van der Waals surface area contributed by atoms with Gasteiger partial charge < -0.3 is 4.74 Å². The second-order valence-electron chi connectivity index (χ2n) is 5.36. The van der Waals surface area contributed by atoms with Crippen LogP contribution in [0.3, 0.4) is 0 Å². The Labute approximate surface area is 129 Å². The van der Waals surface area contributed by atoms with E-state index in [2.05, 4.69) is 0 Å². The van der Waals surface area contributed by atoms with Gasteiger partial charge in [0.1, 0.15) is 11.9 Å². The number of halogens is 1. The van der Waals surface area contributed by atoms with Crippen molar-refractivity contribution in [3.05, 3.63) is 30.1 Å². The van der Waals surface area contributed by atoms with Crippen molar-refractivity contribution in [3.8, 4) is 0 Å². The van der Waals surface area contributed by atoms with Crippen LogP contribution in [0.15, 0.2) is 29.2 Å². The van der Waals surface area contributed by atoms with Gasteiger partial charge in [-0.25, -0.2) is 17.5 Å².